The molecular weight excluding hydrogens is 315 g/mol. The highest BCUT2D eigenvalue weighted by molar-refractivity contribution is 7.99. The zero-order chi connectivity index (χ0) is 16.1. The van der Waals surface area contributed by atoms with Gasteiger partial charge in [0, 0.05) is 11.3 Å². The van der Waals surface area contributed by atoms with E-state index in [0.717, 1.165) is 5.69 Å². The van der Waals surface area contributed by atoms with E-state index < -0.39 is 0 Å². The lowest BCUT2D eigenvalue weighted by molar-refractivity contribution is -0.113. The molecule has 5 nitrogen and oxygen atoms in total. The molecule has 1 aromatic heterocycles. The third kappa shape index (κ3) is 4.17. The van der Waals surface area contributed by atoms with E-state index in [2.05, 4.69) is 20.5 Å². The molecule has 0 unspecified atom stereocenters. The van der Waals surface area contributed by atoms with E-state index >= 15 is 0 Å². The van der Waals surface area contributed by atoms with Gasteiger partial charge in [-0.3, -0.25) is 4.79 Å². The second-order valence-corrected chi connectivity index (χ2v) is 5.66. The number of benzene rings is 2. The molecule has 3 aromatic rings. The number of nitrogens with one attached hydrogen (secondary N) is 2. The highest BCUT2D eigenvalue weighted by Crippen LogP contribution is 2.20. The summed E-state index contributed by atoms with van der Waals surface area (Å²) in [5, 5.41) is 11.2. The number of amides is 1. The van der Waals surface area contributed by atoms with Crippen molar-refractivity contribution in [1.82, 2.24) is 15.2 Å². The minimum absolute atomic E-state index is 0.134. The van der Waals surface area contributed by atoms with E-state index in [0.29, 0.717) is 16.5 Å². The highest BCUT2D eigenvalue weighted by Gasteiger charge is 2.09. The van der Waals surface area contributed by atoms with Crippen LogP contribution < -0.4 is 5.32 Å². The van der Waals surface area contributed by atoms with Crippen molar-refractivity contribution in [2.75, 3.05) is 11.1 Å². The van der Waals surface area contributed by atoms with Crippen LogP contribution in [0.5, 0.6) is 0 Å². The van der Waals surface area contributed by atoms with Crippen molar-refractivity contribution < 1.29 is 9.18 Å². The Kier molecular flexibility index (Phi) is 4.68. The van der Waals surface area contributed by atoms with Gasteiger partial charge in [0.15, 0.2) is 11.0 Å². The lowest BCUT2D eigenvalue weighted by Gasteiger charge is -2.03. The SMILES string of the molecule is O=C(CSc1nnc(-c2cccc(F)c2)[nH]1)Nc1ccccc1. The fourth-order valence-electron chi connectivity index (χ4n) is 1.93. The lowest BCUT2D eigenvalue weighted by Crippen LogP contribution is -2.13. The van der Waals surface area contributed by atoms with Crippen molar-refractivity contribution in [1.29, 1.82) is 0 Å². The number of nitrogens with zero attached hydrogens (tertiary/aromatic N) is 2. The van der Waals surface area contributed by atoms with Crippen molar-refractivity contribution in [2.24, 2.45) is 0 Å². The smallest absolute Gasteiger partial charge is 0.234 e. The standard InChI is InChI=1S/C16H13FN4OS/c17-12-6-4-5-11(9-12)15-19-16(21-20-15)23-10-14(22)18-13-7-2-1-3-8-13/h1-9H,10H2,(H,18,22)(H,19,20,21). The highest BCUT2D eigenvalue weighted by atomic mass is 32.2. The molecule has 2 aromatic carbocycles. The number of rotatable bonds is 5. The maximum Gasteiger partial charge on any atom is 0.234 e. The van der Waals surface area contributed by atoms with Gasteiger partial charge < -0.3 is 10.3 Å². The molecule has 0 fully saturated rings. The maximum atomic E-state index is 13.2. The molecule has 0 bridgehead atoms. The number of aromatic amines is 1. The molecule has 1 heterocycles. The van der Waals surface area contributed by atoms with Crippen LogP contribution in [0.2, 0.25) is 0 Å². The third-order valence-electron chi connectivity index (χ3n) is 2.96. The minimum Gasteiger partial charge on any atom is -0.325 e. The number of para-hydroxylation sites is 1. The first-order valence-corrected chi connectivity index (χ1v) is 7.85. The Morgan fingerprint density at radius 3 is 2.74 bits per heavy atom. The van der Waals surface area contributed by atoms with Crippen molar-refractivity contribution >= 4 is 23.4 Å². The molecule has 0 aliphatic heterocycles. The summed E-state index contributed by atoms with van der Waals surface area (Å²) < 4.78 is 13.2. The van der Waals surface area contributed by atoms with E-state index in [9.17, 15) is 9.18 Å². The first kappa shape index (κ1) is 15.2. The molecule has 0 spiro atoms. The second kappa shape index (κ2) is 7.06. The molecular formula is C16H13FN4OS. The summed E-state index contributed by atoms with van der Waals surface area (Å²) in [7, 11) is 0. The number of carbonyl (C=O) groups is 1. The topological polar surface area (TPSA) is 70.7 Å². The second-order valence-electron chi connectivity index (χ2n) is 4.69. The Morgan fingerprint density at radius 2 is 1.96 bits per heavy atom. The van der Waals surface area contributed by atoms with Crippen LogP contribution >= 0.6 is 11.8 Å². The molecule has 116 valence electrons. The summed E-state index contributed by atoms with van der Waals surface area (Å²) in [5.41, 5.74) is 1.36. The molecule has 0 aliphatic rings. The van der Waals surface area contributed by atoms with Gasteiger partial charge in [0.25, 0.3) is 0 Å². The van der Waals surface area contributed by atoms with Crippen LogP contribution in [0.1, 0.15) is 0 Å². The number of thioether (sulfide) groups is 1. The maximum absolute atomic E-state index is 13.2. The Labute approximate surface area is 136 Å². The van der Waals surface area contributed by atoms with Crippen LogP contribution in [0.15, 0.2) is 59.8 Å². The van der Waals surface area contributed by atoms with E-state index in [1.165, 1.54) is 23.9 Å². The summed E-state index contributed by atoms with van der Waals surface area (Å²) >= 11 is 1.23. The molecule has 2 N–H and O–H groups in total. The van der Waals surface area contributed by atoms with Gasteiger partial charge in [-0.1, -0.05) is 42.1 Å². The number of carbonyl (C=O) groups excluding carboxylic acids is 1. The fourth-order valence-corrected chi connectivity index (χ4v) is 2.54. The van der Waals surface area contributed by atoms with E-state index in [1.54, 1.807) is 12.1 Å². The quantitative estimate of drug-likeness (QED) is 0.705. The Bertz CT molecular complexity index is 807. The summed E-state index contributed by atoms with van der Waals surface area (Å²) in [6.45, 7) is 0. The summed E-state index contributed by atoms with van der Waals surface area (Å²) in [4.78, 5) is 14.8. The number of aromatic nitrogens is 3. The Morgan fingerprint density at radius 1 is 1.13 bits per heavy atom. The average molecular weight is 328 g/mol. The lowest BCUT2D eigenvalue weighted by atomic mass is 10.2. The number of H-pyrrole nitrogens is 1. The number of hydrogen-bond donors (Lipinski definition) is 2. The van der Waals surface area contributed by atoms with E-state index in [4.69, 9.17) is 0 Å². The molecule has 23 heavy (non-hydrogen) atoms. The van der Waals surface area contributed by atoms with Gasteiger partial charge in [0.05, 0.1) is 5.75 Å². The van der Waals surface area contributed by atoms with Crippen molar-refractivity contribution in [3.8, 4) is 11.4 Å². The van der Waals surface area contributed by atoms with Gasteiger partial charge in [-0.15, -0.1) is 10.2 Å². The monoisotopic (exact) mass is 328 g/mol. The van der Waals surface area contributed by atoms with Crippen LogP contribution in [0.3, 0.4) is 0 Å². The van der Waals surface area contributed by atoms with Gasteiger partial charge in [-0.2, -0.15) is 0 Å². The van der Waals surface area contributed by atoms with Gasteiger partial charge in [0.1, 0.15) is 5.82 Å². The van der Waals surface area contributed by atoms with Crippen LogP contribution in [-0.2, 0) is 4.79 Å². The average Bonchev–Trinajstić information content (AvgIpc) is 3.03. The van der Waals surface area contributed by atoms with Crippen LogP contribution in [0.25, 0.3) is 11.4 Å². The van der Waals surface area contributed by atoms with Crippen molar-refractivity contribution in [3.63, 3.8) is 0 Å². The molecule has 3 rings (SSSR count). The molecule has 0 saturated carbocycles. The predicted molar refractivity (Wildman–Crippen MR) is 87.6 cm³/mol. The molecule has 0 aliphatic carbocycles. The summed E-state index contributed by atoms with van der Waals surface area (Å²) in [5.74, 6) is 0.197. The Balaban J connectivity index is 1.58. The summed E-state index contributed by atoms with van der Waals surface area (Å²) in [6, 6.07) is 15.3. The molecule has 1 amide bonds. The minimum atomic E-state index is -0.338. The van der Waals surface area contributed by atoms with Crippen LogP contribution in [-0.4, -0.2) is 26.8 Å². The fraction of sp³-hybridized carbons (Fsp3) is 0.0625. The normalized spacial score (nSPS) is 10.5. The predicted octanol–water partition coefficient (Wildman–Crippen LogP) is 3.34. The first-order valence-electron chi connectivity index (χ1n) is 6.87. The van der Waals surface area contributed by atoms with Crippen LogP contribution in [0, 0.1) is 5.82 Å². The molecule has 0 atom stereocenters. The van der Waals surface area contributed by atoms with Crippen molar-refractivity contribution in [3.05, 3.63) is 60.4 Å². The van der Waals surface area contributed by atoms with Gasteiger partial charge in [-0.05, 0) is 24.3 Å². The zero-order valence-corrected chi connectivity index (χ0v) is 12.8. The molecule has 0 saturated heterocycles. The van der Waals surface area contributed by atoms with Gasteiger partial charge >= 0.3 is 0 Å². The Hall–Kier alpha value is -2.67. The van der Waals surface area contributed by atoms with E-state index in [1.807, 2.05) is 30.3 Å². The van der Waals surface area contributed by atoms with E-state index in [-0.39, 0.29) is 17.5 Å². The largest absolute Gasteiger partial charge is 0.325 e. The van der Waals surface area contributed by atoms with Gasteiger partial charge in [-0.25, -0.2) is 4.39 Å². The molecule has 0 radical (unpaired) electrons. The number of halogens is 1. The summed E-state index contributed by atoms with van der Waals surface area (Å²) in [6.07, 6.45) is 0. The zero-order valence-electron chi connectivity index (χ0n) is 12.0. The first-order chi connectivity index (χ1) is 11.2. The number of hydrogen-bond acceptors (Lipinski definition) is 4. The number of anilines is 1. The third-order valence-corrected chi connectivity index (χ3v) is 3.83. The van der Waals surface area contributed by atoms with Gasteiger partial charge in [0.2, 0.25) is 5.91 Å². The molecule has 7 heteroatoms. The van der Waals surface area contributed by atoms with Crippen LogP contribution in [0.4, 0.5) is 10.1 Å². The van der Waals surface area contributed by atoms with Crippen molar-refractivity contribution in [2.45, 2.75) is 5.16 Å².